The van der Waals surface area contributed by atoms with Gasteiger partial charge in [0, 0.05) is 9.35 Å². The Morgan fingerprint density at radius 1 is 1.75 bits per heavy atom. The summed E-state index contributed by atoms with van der Waals surface area (Å²) in [6.07, 6.45) is 0. The van der Waals surface area contributed by atoms with Gasteiger partial charge in [0.05, 0.1) is 10.3 Å². The number of thiophene rings is 1. The molecule has 1 aromatic heterocycles. The highest BCUT2D eigenvalue weighted by atomic mass is 79.9. The highest BCUT2D eigenvalue weighted by Crippen LogP contribution is 2.28. The van der Waals surface area contributed by atoms with Crippen molar-refractivity contribution in [1.29, 1.82) is 0 Å². The average molecular weight is 268 g/mol. The average Bonchev–Trinajstić information content (AvgIpc) is 2.28. The molecule has 0 N–H and O–H groups in total. The van der Waals surface area contributed by atoms with Gasteiger partial charge < -0.3 is 0 Å². The SMILES string of the molecule is Cc1cc(Br)c(C(=O)C(C)Cl)s1. The lowest BCUT2D eigenvalue weighted by Gasteiger charge is -1.98. The zero-order chi connectivity index (χ0) is 9.30. The number of hydrogen-bond acceptors (Lipinski definition) is 2. The molecule has 0 aliphatic rings. The third kappa shape index (κ3) is 2.09. The molecule has 1 rings (SSSR count). The van der Waals surface area contributed by atoms with Gasteiger partial charge in [-0.1, -0.05) is 0 Å². The second kappa shape index (κ2) is 3.90. The first-order valence-electron chi connectivity index (χ1n) is 3.46. The van der Waals surface area contributed by atoms with Crippen LogP contribution in [0.1, 0.15) is 21.5 Å². The number of ketones is 1. The number of carbonyl (C=O) groups is 1. The second-order valence-corrected chi connectivity index (χ2v) is 5.28. The van der Waals surface area contributed by atoms with Gasteiger partial charge in [0.1, 0.15) is 0 Å². The van der Waals surface area contributed by atoms with Crippen LogP contribution >= 0.6 is 38.9 Å². The Bertz CT molecular complexity index is 306. The fourth-order valence-corrected chi connectivity index (χ4v) is 2.87. The van der Waals surface area contributed by atoms with Gasteiger partial charge in [-0.2, -0.15) is 0 Å². The number of hydrogen-bond donors (Lipinski definition) is 0. The number of carbonyl (C=O) groups excluding carboxylic acids is 1. The molecule has 0 aromatic carbocycles. The molecule has 66 valence electrons. The number of alkyl halides is 1. The highest BCUT2D eigenvalue weighted by molar-refractivity contribution is 9.10. The molecule has 1 aromatic rings. The predicted molar refractivity (Wildman–Crippen MR) is 56.4 cm³/mol. The summed E-state index contributed by atoms with van der Waals surface area (Å²) >= 11 is 10.5. The van der Waals surface area contributed by atoms with E-state index < -0.39 is 5.38 Å². The third-order valence-electron chi connectivity index (χ3n) is 1.40. The molecule has 1 heterocycles. The van der Waals surface area contributed by atoms with Crippen molar-refractivity contribution in [3.8, 4) is 0 Å². The topological polar surface area (TPSA) is 17.1 Å². The summed E-state index contributed by atoms with van der Waals surface area (Å²) in [5, 5.41) is -0.445. The van der Waals surface area contributed by atoms with Crippen LogP contribution in [0.15, 0.2) is 10.5 Å². The van der Waals surface area contributed by atoms with Gasteiger partial charge in [0.15, 0.2) is 5.78 Å². The molecule has 0 spiro atoms. The molecule has 0 saturated carbocycles. The van der Waals surface area contributed by atoms with E-state index in [9.17, 15) is 4.79 Å². The van der Waals surface area contributed by atoms with Crippen LogP contribution in [0.25, 0.3) is 0 Å². The number of Topliss-reactive ketones (excluding diaryl/α,β-unsaturated/α-hetero) is 1. The Hall–Kier alpha value is 0.140. The fourth-order valence-electron chi connectivity index (χ4n) is 0.832. The van der Waals surface area contributed by atoms with E-state index in [4.69, 9.17) is 11.6 Å². The normalized spacial score (nSPS) is 13.0. The minimum absolute atomic E-state index is 0.0124. The van der Waals surface area contributed by atoms with E-state index in [0.29, 0.717) is 0 Å². The summed E-state index contributed by atoms with van der Waals surface area (Å²) in [5.74, 6) is -0.0124. The van der Waals surface area contributed by atoms with Crippen molar-refractivity contribution < 1.29 is 4.79 Å². The zero-order valence-electron chi connectivity index (χ0n) is 6.73. The van der Waals surface area contributed by atoms with E-state index in [2.05, 4.69) is 15.9 Å². The van der Waals surface area contributed by atoms with E-state index in [1.54, 1.807) is 6.92 Å². The molecule has 0 fully saturated rings. The maximum atomic E-state index is 11.4. The van der Waals surface area contributed by atoms with Crippen LogP contribution in [0, 0.1) is 6.92 Å². The van der Waals surface area contributed by atoms with E-state index in [-0.39, 0.29) is 5.78 Å². The Morgan fingerprint density at radius 2 is 2.33 bits per heavy atom. The first-order valence-corrected chi connectivity index (χ1v) is 5.51. The van der Waals surface area contributed by atoms with Crippen LogP contribution in [0.3, 0.4) is 0 Å². The number of rotatable bonds is 2. The molecule has 1 atom stereocenters. The molecule has 0 aliphatic heterocycles. The second-order valence-electron chi connectivity index (χ2n) is 2.51. The molecule has 1 nitrogen and oxygen atoms in total. The van der Waals surface area contributed by atoms with Crippen LogP contribution < -0.4 is 0 Å². The van der Waals surface area contributed by atoms with E-state index in [1.165, 1.54) is 11.3 Å². The first kappa shape index (κ1) is 10.2. The summed E-state index contributed by atoms with van der Waals surface area (Å²) in [6, 6.07) is 1.93. The van der Waals surface area contributed by atoms with E-state index >= 15 is 0 Å². The molecule has 12 heavy (non-hydrogen) atoms. The van der Waals surface area contributed by atoms with Crippen molar-refractivity contribution in [1.82, 2.24) is 0 Å². The van der Waals surface area contributed by atoms with Gasteiger partial charge in [-0.05, 0) is 35.8 Å². The predicted octanol–water partition coefficient (Wildman–Crippen LogP) is 3.63. The van der Waals surface area contributed by atoms with Gasteiger partial charge in [0.25, 0.3) is 0 Å². The molecule has 0 amide bonds. The van der Waals surface area contributed by atoms with Gasteiger partial charge >= 0.3 is 0 Å². The van der Waals surface area contributed by atoms with Crippen LogP contribution in [-0.2, 0) is 0 Å². The smallest absolute Gasteiger partial charge is 0.191 e. The molecule has 0 saturated heterocycles. The monoisotopic (exact) mass is 266 g/mol. The molecular formula is C8H8BrClOS. The van der Waals surface area contributed by atoms with Crippen LogP contribution in [-0.4, -0.2) is 11.2 Å². The minimum atomic E-state index is -0.445. The van der Waals surface area contributed by atoms with Crippen molar-refractivity contribution in [2.24, 2.45) is 0 Å². The maximum absolute atomic E-state index is 11.4. The summed E-state index contributed by atoms with van der Waals surface area (Å²) in [4.78, 5) is 13.3. The molecule has 0 bridgehead atoms. The lowest BCUT2D eigenvalue weighted by Crippen LogP contribution is -2.08. The maximum Gasteiger partial charge on any atom is 0.191 e. The summed E-state index contributed by atoms with van der Waals surface area (Å²) in [6.45, 7) is 3.65. The van der Waals surface area contributed by atoms with Crippen molar-refractivity contribution in [2.45, 2.75) is 19.2 Å². The van der Waals surface area contributed by atoms with E-state index in [0.717, 1.165) is 14.2 Å². The first-order chi connectivity index (χ1) is 5.52. The fraction of sp³-hybridized carbons (Fsp3) is 0.375. The Balaban J connectivity index is 3.02. The van der Waals surface area contributed by atoms with E-state index in [1.807, 2.05) is 13.0 Å². The molecule has 0 radical (unpaired) electrons. The van der Waals surface area contributed by atoms with Crippen LogP contribution in [0.2, 0.25) is 0 Å². The largest absolute Gasteiger partial charge is 0.292 e. The lowest BCUT2D eigenvalue weighted by molar-refractivity contribution is 0.0995. The van der Waals surface area contributed by atoms with Gasteiger partial charge in [-0.25, -0.2) is 0 Å². The van der Waals surface area contributed by atoms with Crippen molar-refractivity contribution in [2.75, 3.05) is 0 Å². The van der Waals surface area contributed by atoms with Crippen LogP contribution in [0.5, 0.6) is 0 Å². The standard InChI is InChI=1S/C8H8BrClOS/c1-4-3-6(9)8(12-4)7(11)5(2)10/h3,5H,1-2H3. The quantitative estimate of drug-likeness (QED) is 0.591. The van der Waals surface area contributed by atoms with Crippen molar-refractivity contribution in [3.63, 3.8) is 0 Å². The number of aryl methyl sites for hydroxylation is 1. The molecule has 1 unspecified atom stereocenters. The third-order valence-corrected chi connectivity index (χ3v) is 3.55. The summed E-state index contributed by atoms with van der Waals surface area (Å²) < 4.78 is 0.850. The lowest BCUT2D eigenvalue weighted by atomic mass is 10.2. The Morgan fingerprint density at radius 3 is 2.67 bits per heavy atom. The summed E-state index contributed by atoms with van der Waals surface area (Å²) in [5.41, 5.74) is 0. The molecular weight excluding hydrogens is 260 g/mol. The van der Waals surface area contributed by atoms with Crippen molar-refractivity contribution in [3.05, 3.63) is 20.3 Å². The van der Waals surface area contributed by atoms with Crippen LogP contribution in [0.4, 0.5) is 0 Å². The Labute approximate surface area is 88.9 Å². The van der Waals surface area contributed by atoms with Gasteiger partial charge in [0.2, 0.25) is 0 Å². The Kier molecular flexibility index (Phi) is 3.32. The van der Waals surface area contributed by atoms with Crippen molar-refractivity contribution >= 4 is 44.7 Å². The summed E-state index contributed by atoms with van der Waals surface area (Å²) in [7, 11) is 0. The zero-order valence-corrected chi connectivity index (χ0v) is 9.89. The minimum Gasteiger partial charge on any atom is -0.292 e. The molecule has 4 heteroatoms. The highest BCUT2D eigenvalue weighted by Gasteiger charge is 2.17. The molecule has 0 aliphatic carbocycles. The van der Waals surface area contributed by atoms with Gasteiger partial charge in [-0.15, -0.1) is 22.9 Å². The van der Waals surface area contributed by atoms with Gasteiger partial charge in [-0.3, -0.25) is 4.79 Å². The number of halogens is 2.